The standard InChI is InChI=1S/C14H12BrN3O2S/c15-11-4-1-3-10(7-11)8-17-18-13(19)9-16-14(20)12-5-2-6-21-12/h1-8H,9H2,(H,16,20)(H,18,19)/b17-8-. The van der Waals surface area contributed by atoms with E-state index in [1.165, 1.54) is 17.6 Å². The molecule has 0 saturated heterocycles. The van der Waals surface area contributed by atoms with E-state index in [1.807, 2.05) is 24.3 Å². The van der Waals surface area contributed by atoms with Gasteiger partial charge in [-0.3, -0.25) is 9.59 Å². The molecule has 1 aromatic carbocycles. The van der Waals surface area contributed by atoms with Gasteiger partial charge in [-0.1, -0.05) is 34.1 Å². The monoisotopic (exact) mass is 365 g/mol. The van der Waals surface area contributed by atoms with Crippen LogP contribution in [-0.4, -0.2) is 24.6 Å². The van der Waals surface area contributed by atoms with Crippen molar-refractivity contribution in [2.45, 2.75) is 0 Å². The molecule has 2 aromatic rings. The highest BCUT2D eigenvalue weighted by Gasteiger charge is 2.07. The van der Waals surface area contributed by atoms with Crippen molar-refractivity contribution in [3.63, 3.8) is 0 Å². The third kappa shape index (κ3) is 5.13. The van der Waals surface area contributed by atoms with Crippen molar-refractivity contribution in [1.29, 1.82) is 0 Å². The summed E-state index contributed by atoms with van der Waals surface area (Å²) in [5.74, 6) is -0.651. The fourth-order valence-corrected chi connectivity index (χ4v) is 2.52. The number of nitrogens with zero attached hydrogens (tertiary/aromatic N) is 1. The third-order valence-electron chi connectivity index (χ3n) is 2.41. The van der Waals surface area contributed by atoms with Gasteiger partial charge in [-0.25, -0.2) is 5.43 Å². The summed E-state index contributed by atoms with van der Waals surface area (Å²) >= 11 is 4.67. The maximum absolute atomic E-state index is 11.6. The molecule has 0 aliphatic rings. The van der Waals surface area contributed by atoms with Crippen LogP contribution in [0, 0.1) is 0 Å². The first-order chi connectivity index (χ1) is 10.1. The number of thiophene rings is 1. The Bertz CT molecular complexity index is 656. The number of benzene rings is 1. The normalized spacial score (nSPS) is 10.5. The zero-order chi connectivity index (χ0) is 15.1. The van der Waals surface area contributed by atoms with E-state index in [1.54, 1.807) is 17.5 Å². The molecule has 5 nitrogen and oxygen atoms in total. The molecule has 0 aliphatic carbocycles. The summed E-state index contributed by atoms with van der Waals surface area (Å²) < 4.78 is 0.931. The summed E-state index contributed by atoms with van der Waals surface area (Å²) in [6, 6.07) is 11.0. The van der Waals surface area contributed by atoms with Crippen LogP contribution in [0.15, 0.2) is 51.4 Å². The van der Waals surface area contributed by atoms with Crippen molar-refractivity contribution >= 4 is 45.3 Å². The van der Waals surface area contributed by atoms with E-state index in [-0.39, 0.29) is 18.4 Å². The molecular weight excluding hydrogens is 354 g/mol. The first kappa shape index (κ1) is 15.4. The lowest BCUT2D eigenvalue weighted by atomic mass is 10.2. The molecule has 0 saturated carbocycles. The highest BCUT2D eigenvalue weighted by atomic mass is 79.9. The number of carbonyl (C=O) groups excluding carboxylic acids is 2. The van der Waals surface area contributed by atoms with E-state index in [0.29, 0.717) is 4.88 Å². The molecule has 108 valence electrons. The maximum atomic E-state index is 11.6. The SMILES string of the molecule is O=C(CNC(=O)c1cccs1)N/N=C\c1cccc(Br)c1. The van der Waals surface area contributed by atoms with Crippen LogP contribution < -0.4 is 10.7 Å². The first-order valence-electron chi connectivity index (χ1n) is 6.04. The molecule has 21 heavy (non-hydrogen) atoms. The van der Waals surface area contributed by atoms with Crippen LogP contribution in [0.2, 0.25) is 0 Å². The van der Waals surface area contributed by atoms with Crippen LogP contribution >= 0.6 is 27.3 Å². The summed E-state index contributed by atoms with van der Waals surface area (Å²) in [7, 11) is 0. The quantitative estimate of drug-likeness (QED) is 0.630. The van der Waals surface area contributed by atoms with Gasteiger partial charge in [0.2, 0.25) is 0 Å². The number of hydrogen-bond acceptors (Lipinski definition) is 4. The van der Waals surface area contributed by atoms with Crippen LogP contribution in [0.4, 0.5) is 0 Å². The number of rotatable bonds is 5. The van der Waals surface area contributed by atoms with Crippen LogP contribution in [0.5, 0.6) is 0 Å². The van der Waals surface area contributed by atoms with Crippen molar-refractivity contribution < 1.29 is 9.59 Å². The number of halogens is 1. The second kappa shape index (κ2) is 7.70. The van der Waals surface area contributed by atoms with Crippen LogP contribution in [0.25, 0.3) is 0 Å². The zero-order valence-corrected chi connectivity index (χ0v) is 13.3. The Hall–Kier alpha value is -1.99. The molecule has 7 heteroatoms. The van der Waals surface area contributed by atoms with Gasteiger partial charge >= 0.3 is 0 Å². The topological polar surface area (TPSA) is 70.6 Å². The minimum Gasteiger partial charge on any atom is -0.342 e. The Balaban J connectivity index is 1.76. The van der Waals surface area contributed by atoms with Crippen LogP contribution in [0.1, 0.15) is 15.2 Å². The lowest BCUT2D eigenvalue weighted by Gasteiger charge is -2.02. The Morgan fingerprint density at radius 3 is 2.86 bits per heavy atom. The number of carbonyl (C=O) groups is 2. The van der Waals surface area contributed by atoms with E-state index in [2.05, 4.69) is 31.8 Å². The average molecular weight is 366 g/mol. The van der Waals surface area contributed by atoms with Crippen LogP contribution in [-0.2, 0) is 4.79 Å². The second-order valence-corrected chi connectivity index (χ2v) is 5.87. The van der Waals surface area contributed by atoms with Gasteiger partial charge in [0.25, 0.3) is 11.8 Å². The first-order valence-corrected chi connectivity index (χ1v) is 7.71. The number of nitrogens with one attached hydrogen (secondary N) is 2. The number of hydrogen-bond donors (Lipinski definition) is 2. The molecule has 2 amide bonds. The lowest BCUT2D eigenvalue weighted by Crippen LogP contribution is -2.34. The molecule has 0 bridgehead atoms. The lowest BCUT2D eigenvalue weighted by molar-refractivity contribution is -0.120. The molecule has 0 spiro atoms. The molecule has 0 atom stereocenters. The predicted octanol–water partition coefficient (Wildman–Crippen LogP) is 2.39. The Morgan fingerprint density at radius 1 is 1.29 bits per heavy atom. The van der Waals surface area contributed by atoms with Crippen molar-refractivity contribution in [1.82, 2.24) is 10.7 Å². The van der Waals surface area contributed by atoms with E-state index < -0.39 is 0 Å². The van der Waals surface area contributed by atoms with E-state index in [9.17, 15) is 9.59 Å². The molecule has 1 aromatic heterocycles. The van der Waals surface area contributed by atoms with Gasteiger partial charge < -0.3 is 5.32 Å². The maximum Gasteiger partial charge on any atom is 0.261 e. The molecule has 0 aliphatic heterocycles. The van der Waals surface area contributed by atoms with Gasteiger partial charge in [-0.2, -0.15) is 5.10 Å². The zero-order valence-electron chi connectivity index (χ0n) is 10.9. The van der Waals surface area contributed by atoms with Gasteiger partial charge in [-0.05, 0) is 29.1 Å². The second-order valence-electron chi connectivity index (χ2n) is 4.01. The van der Waals surface area contributed by atoms with Crippen molar-refractivity contribution in [3.05, 3.63) is 56.7 Å². The molecule has 0 radical (unpaired) electrons. The summed E-state index contributed by atoms with van der Waals surface area (Å²) in [6.45, 7) is -0.118. The highest BCUT2D eigenvalue weighted by Crippen LogP contribution is 2.09. The fraction of sp³-hybridized carbons (Fsp3) is 0.0714. The Morgan fingerprint density at radius 2 is 2.14 bits per heavy atom. The van der Waals surface area contributed by atoms with Crippen molar-refractivity contribution in [3.8, 4) is 0 Å². The summed E-state index contributed by atoms with van der Waals surface area (Å²) in [4.78, 5) is 23.7. The van der Waals surface area contributed by atoms with Crippen LogP contribution in [0.3, 0.4) is 0 Å². The number of amides is 2. The predicted molar refractivity (Wildman–Crippen MR) is 86.5 cm³/mol. The molecule has 2 N–H and O–H groups in total. The van der Waals surface area contributed by atoms with Crippen molar-refractivity contribution in [2.24, 2.45) is 5.10 Å². The summed E-state index contributed by atoms with van der Waals surface area (Å²) in [5, 5.41) is 8.15. The van der Waals surface area contributed by atoms with Gasteiger partial charge in [0.15, 0.2) is 0 Å². The van der Waals surface area contributed by atoms with Gasteiger partial charge in [0.05, 0.1) is 17.6 Å². The molecule has 2 rings (SSSR count). The molecule has 1 heterocycles. The summed E-state index contributed by atoms with van der Waals surface area (Å²) in [6.07, 6.45) is 1.53. The molecule has 0 fully saturated rings. The van der Waals surface area contributed by atoms with E-state index >= 15 is 0 Å². The highest BCUT2D eigenvalue weighted by molar-refractivity contribution is 9.10. The third-order valence-corrected chi connectivity index (χ3v) is 3.77. The van der Waals surface area contributed by atoms with E-state index in [4.69, 9.17) is 0 Å². The van der Waals surface area contributed by atoms with Gasteiger partial charge in [0, 0.05) is 4.47 Å². The Labute approximate surface area is 134 Å². The minimum atomic E-state index is -0.383. The van der Waals surface area contributed by atoms with Crippen molar-refractivity contribution in [2.75, 3.05) is 6.54 Å². The Kier molecular flexibility index (Phi) is 5.65. The largest absolute Gasteiger partial charge is 0.342 e. The minimum absolute atomic E-state index is 0.118. The fourth-order valence-electron chi connectivity index (χ4n) is 1.46. The smallest absolute Gasteiger partial charge is 0.261 e. The summed E-state index contributed by atoms with van der Waals surface area (Å²) in [5.41, 5.74) is 3.21. The molecule has 0 unspecified atom stereocenters. The van der Waals surface area contributed by atoms with Gasteiger partial charge in [-0.15, -0.1) is 11.3 Å². The average Bonchev–Trinajstić information content (AvgIpc) is 2.99. The van der Waals surface area contributed by atoms with E-state index in [0.717, 1.165) is 10.0 Å². The van der Waals surface area contributed by atoms with Gasteiger partial charge in [0.1, 0.15) is 0 Å². The number of hydrazone groups is 1. The molecular formula is C14H12BrN3O2S.